The van der Waals surface area contributed by atoms with Crippen molar-refractivity contribution in [1.82, 2.24) is 5.32 Å². The van der Waals surface area contributed by atoms with E-state index in [-0.39, 0.29) is 12.1 Å². The van der Waals surface area contributed by atoms with Crippen LogP contribution < -0.4 is 10.2 Å². The summed E-state index contributed by atoms with van der Waals surface area (Å²) < 4.78 is 0. The second-order valence-electron chi connectivity index (χ2n) is 6.66. The number of nitrogens with zero attached hydrogens (tertiary/aromatic N) is 1. The zero-order valence-corrected chi connectivity index (χ0v) is 13.9. The Labute approximate surface area is 129 Å². The van der Waals surface area contributed by atoms with Crippen LogP contribution >= 0.6 is 0 Å². The van der Waals surface area contributed by atoms with E-state index < -0.39 is 0 Å². The molecule has 0 bridgehead atoms. The summed E-state index contributed by atoms with van der Waals surface area (Å²) in [5.74, 6) is 0.613. The summed E-state index contributed by atoms with van der Waals surface area (Å²) >= 11 is 0. The molecule has 118 valence electrons. The molecule has 0 aliphatic heterocycles. The normalized spacial score (nSPS) is 17.6. The highest BCUT2D eigenvalue weighted by molar-refractivity contribution is 5.54. The molecule has 0 saturated heterocycles. The lowest BCUT2D eigenvalue weighted by Crippen LogP contribution is -2.57. The number of aliphatic hydroxyl groups excluding tert-OH is 1. The van der Waals surface area contributed by atoms with E-state index in [1.807, 2.05) is 0 Å². The Bertz CT molecular complexity index is 470. The van der Waals surface area contributed by atoms with Gasteiger partial charge in [-0.15, -0.1) is 0 Å². The molecule has 3 nitrogen and oxygen atoms in total. The molecule has 1 fully saturated rings. The molecule has 2 N–H and O–H groups in total. The van der Waals surface area contributed by atoms with Crippen LogP contribution in [0.15, 0.2) is 18.2 Å². The molecule has 0 spiro atoms. The maximum atomic E-state index is 10.0. The molecule has 1 unspecified atom stereocenters. The van der Waals surface area contributed by atoms with Gasteiger partial charge in [-0.05, 0) is 57.2 Å². The first-order chi connectivity index (χ1) is 10.0. The van der Waals surface area contributed by atoms with Gasteiger partial charge in [0.2, 0.25) is 0 Å². The van der Waals surface area contributed by atoms with Crippen LogP contribution in [-0.4, -0.2) is 37.4 Å². The van der Waals surface area contributed by atoms with E-state index in [4.69, 9.17) is 0 Å². The number of likely N-dealkylation sites (N-methyl/N-ethyl adjacent to an activating group) is 1. The fourth-order valence-electron chi connectivity index (χ4n) is 3.32. The molecule has 1 aliphatic rings. The molecule has 2 rings (SSSR count). The minimum absolute atomic E-state index is 0.151. The Hall–Kier alpha value is -1.06. The number of anilines is 1. The van der Waals surface area contributed by atoms with Gasteiger partial charge in [-0.2, -0.15) is 0 Å². The number of rotatable bonds is 8. The molecule has 0 amide bonds. The van der Waals surface area contributed by atoms with Gasteiger partial charge in [-0.3, -0.25) is 0 Å². The fraction of sp³-hybridized carbons (Fsp3) is 0.667. The molecule has 1 atom stereocenters. The maximum Gasteiger partial charge on any atom is 0.0633 e. The van der Waals surface area contributed by atoms with E-state index in [0.29, 0.717) is 5.92 Å². The maximum absolute atomic E-state index is 10.0. The van der Waals surface area contributed by atoms with Gasteiger partial charge in [0.15, 0.2) is 0 Å². The van der Waals surface area contributed by atoms with Gasteiger partial charge < -0.3 is 15.3 Å². The number of aliphatic hydroxyl groups is 1. The molecule has 0 heterocycles. The van der Waals surface area contributed by atoms with Gasteiger partial charge in [0.25, 0.3) is 0 Å². The Morgan fingerprint density at radius 3 is 2.57 bits per heavy atom. The highest BCUT2D eigenvalue weighted by atomic mass is 16.3. The lowest BCUT2D eigenvalue weighted by molar-refractivity contribution is 0.145. The van der Waals surface area contributed by atoms with Gasteiger partial charge in [0, 0.05) is 19.3 Å². The van der Waals surface area contributed by atoms with Crippen molar-refractivity contribution in [2.24, 2.45) is 5.92 Å². The predicted molar refractivity (Wildman–Crippen MR) is 90.0 cm³/mol. The zero-order valence-electron chi connectivity index (χ0n) is 13.9. The Morgan fingerprint density at radius 1 is 1.33 bits per heavy atom. The average Bonchev–Trinajstić information content (AvgIpc) is 3.28. The first-order valence-corrected chi connectivity index (χ1v) is 8.16. The second kappa shape index (κ2) is 6.80. The summed E-state index contributed by atoms with van der Waals surface area (Å²) in [5.41, 5.74) is 3.71. The van der Waals surface area contributed by atoms with Crippen molar-refractivity contribution in [1.29, 1.82) is 0 Å². The first kappa shape index (κ1) is 16.3. The van der Waals surface area contributed by atoms with E-state index in [2.05, 4.69) is 56.2 Å². The molecule has 0 aromatic heterocycles. The minimum atomic E-state index is -0.151. The number of nitrogens with one attached hydrogen (secondary N) is 1. The third kappa shape index (κ3) is 3.78. The van der Waals surface area contributed by atoms with Crippen LogP contribution in [0.4, 0.5) is 5.69 Å². The van der Waals surface area contributed by atoms with Crippen molar-refractivity contribution in [3.05, 3.63) is 29.3 Å². The van der Waals surface area contributed by atoms with E-state index in [1.54, 1.807) is 0 Å². The smallest absolute Gasteiger partial charge is 0.0633 e. The van der Waals surface area contributed by atoms with Crippen LogP contribution in [0.2, 0.25) is 0 Å². The average molecular weight is 290 g/mol. The highest BCUT2D eigenvalue weighted by Crippen LogP contribution is 2.40. The van der Waals surface area contributed by atoms with E-state index in [0.717, 1.165) is 19.5 Å². The second-order valence-corrected chi connectivity index (χ2v) is 6.66. The Kier molecular flexibility index (Phi) is 5.28. The lowest BCUT2D eigenvalue weighted by Gasteiger charge is -2.38. The quantitative estimate of drug-likeness (QED) is 0.773. The summed E-state index contributed by atoms with van der Waals surface area (Å²) in [6, 6.07) is 6.58. The fourth-order valence-corrected chi connectivity index (χ4v) is 3.32. The van der Waals surface area contributed by atoms with Crippen molar-refractivity contribution in [2.45, 2.75) is 45.6 Å². The molecule has 0 radical (unpaired) electrons. The summed E-state index contributed by atoms with van der Waals surface area (Å²) in [7, 11) is 2.14. The highest BCUT2D eigenvalue weighted by Gasteiger charge is 2.45. The van der Waals surface area contributed by atoms with Gasteiger partial charge in [-0.1, -0.05) is 24.6 Å². The van der Waals surface area contributed by atoms with E-state index >= 15 is 0 Å². The number of benzene rings is 1. The van der Waals surface area contributed by atoms with Gasteiger partial charge >= 0.3 is 0 Å². The topological polar surface area (TPSA) is 35.5 Å². The Balaban J connectivity index is 2.15. The monoisotopic (exact) mass is 290 g/mol. The van der Waals surface area contributed by atoms with Crippen LogP contribution in [0.1, 0.15) is 37.3 Å². The minimum Gasteiger partial charge on any atom is -0.394 e. The van der Waals surface area contributed by atoms with Crippen molar-refractivity contribution >= 4 is 5.69 Å². The number of hydrogen-bond donors (Lipinski definition) is 2. The van der Waals surface area contributed by atoms with Gasteiger partial charge in [-0.25, -0.2) is 0 Å². The molecule has 3 heteroatoms. The van der Waals surface area contributed by atoms with Crippen molar-refractivity contribution in [2.75, 3.05) is 31.6 Å². The van der Waals surface area contributed by atoms with Crippen LogP contribution in [0.3, 0.4) is 0 Å². The summed E-state index contributed by atoms with van der Waals surface area (Å²) in [5, 5.41) is 13.7. The number of hydrogen-bond acceptors (Lipinski definition) is 3. The lowest BCUT2D eigenvalue weighted by atomic mass is 9.92. The molecular formula is C18H30N2O. The molecule has 1 aromatic rings. The van der Waals surface area contributed by atoms with E-state index in [1.165, 1.54) is 29.7 Å². The summed E-state index contributed by atoms with van der Waals surface area (Å²) in [6.45, 7) is 8.51. The van der Waals surface area contributed by atoms with Crippen LogP contribution in [0.25, 0.3) is 0 Å². The van der Waals surface area contributed by atoms with Gasteiger partial charge in [0.1, 0.15) is 0 Å². The SMILES string of the molecule is CCCNC(CO)(CN(C)c1ccc(C)cc1C)C1CC1. The van der Waals surface area contributed by atoms with E-state index in [9.17, 15) is 5.11 Å². The molecule has 21 heavy (non-hydrogen) atoms. The Morgan fingerprint density at radius 2 is 2.05 bits per heavy atom. The van der Waals surface area contributed by atoms with Crippen molar-refractivity contribution in [3.63, 3.8) is 0 Å². The first-order valence-electron chi connectivity index (χ1n) is 8.16. The summed E-state index contributed by atoms with van der Waals surface area (Å²) in [4.78, 5) is 2.30. The standard InChI is InChI=1S/C18H30N2O/c1-5-10-19-18(13-21,16-7-8-16)12-20(4)17-9-6-14(2)11-15(17)3/h6,9,11,16,19,21H,5,7-8,10,12-13H2,1-4H3. The molecule has 1 saturated carbocycles. The van der Waals surface area contributed by atoms with Crippen LogP contribution in [-0.2, 0) is 0 Å². The molecule has 1 aliphatic carbocycles. The third-order valence-corrected chi connectivity index (χ3v) is 4.65. The number of aryl methyl sites for hydroxylation is 2. The van der Waals surface area contributed by atoms with Crippen molar-refractivity contribution < 1.29 is 5.11 Å². The van der Waals surface area contributed by atoms with Crippen LogP contribution in [0.5, 0.6) is 0 Å². The molecule has 1 aromatic carbocycles. The largest absolute Gasteiger partial charge is 0.394 e. The van der Waals surface area contributed by atoms with Gasteiger partial charge in [0.05, 0.1) is 12.1 Å². The van der Waals surface area contributed by atoms with Crippen molar-refractivity contribution in [3.8, 4) is 0 Å². The summed E-state index contributed by atoms with van der Waals surface area (Å²) in [6.07, 6.45) is 3.57. The van der Waals surface area contributed by atoms with Crippen LogP contribution in [0, 0.1) is 19.8 Å². The third-order valence-electron chi connectivity index (χ3n) is 4.65. The zero-order chi connectivity index (χ0) is 15.5. The predicted octanol–water partition coefficient (Wildman–Crippen LogP) is 2.88. The molecular weight excluding hydrogens is 260 g/mol.